The van der Waals surface area contributed by atoms with Crippen molar-refractivity contribution in [2.75, 3.05) is 5.75 Å². The number of ketones is 1. The van der Waals surface area contributed by atoms with E-state index < -0.39 is 11.2 Å². The molecule has 0 fully saturated rings. The fraction of sp³-hybridized carbons (Fsp3) is 0.182. The molecule has 0 unspecified atom stereocenters. The lowest BCUT2D eigenvalue weighted by Crippen LogP contribution is -2.29. The molecular formula is C22H20N4O3S. The Hall–Kier alpha value is -3.39. The van der Waals surface area contributed by atoms with E-state index in [1.54, 1.807) is 23.7 Å². The Morgan fingerprint density at radius 1 is 1.07 bits per heavy atom. The number of nitrogens with one attached hydrogen (secondary N) is 1. The maximum atomic E-state index is 12.6. The molecule has 0 aliphatic heterocycles. The first-order valence-electron chi connectivity index (χ1n) is 9.40. The maximum Gasteiger partial charge on any atom is 0.329 e. The number of rotatable bonds is 6. The largest absolute Gasteiger partial charge is 0.329 e. The van der Waals surface area contributed by atoms with Crippen molar-refractivity contribution >= 4 is 28.7 Å². The van der Waals surface area contributed by atoms with Gasteiger partial charge >= 0.3 is 5.69 Å². The van der Waals surface area contributed by atoms with Crippen molar-refractivity contribution in [3.05, 3.63) is 92.1 Å². The Balaban J connectivity index is 1.75. The zero-order valence-corrected chi connectivity index (χ0v) is 17.4. The molecule has 7 nitrogen and oxygen atoms in total. The highest BCUT2D eigenvalue weighted by Gasteiger charge is 2.19. The monoisotopic (exact) mass is 420 g/mol. The lowest BCUT2D eigenvalue weighted by Gasteiger charge is -2.09. The number of fused-ring (bicyclic) bond motifs is 1. The second-order valence-electron chi connectivity index (χ2n) is 7.03. The van der Waals surface area contributed by atoms with Crippen molar-refractivity contribution in [2.45, 2.75) is 18.6 Å². The molecule has 4 rings (SSSR count). The molecule has 1 N–H and O–H groups in total. The van der Waals surface area contributed by atoms with Gasteiger partial charge in [-0.15, -0.1) is 0 Å². The molecule has 2 aromatic heterocycles. The van der Waals surface area contributed by atoms with Crippen LogP contribution >= 0.6 is 11.8 Å². The molecule has 0 saturated heterocycles. The quantitative estimate of drug-likeness (QED) is 0.383. The normalized spacial score (nSPS) is 11.1. The minimum atomic E-state index is -0.524. The standard InChI is InChI=1S/C22H20N4O3S/c1-14-8-10-15(11-9-14)12-26-18-19(25(2)21(29)24-20(18)28)23-22(26)30-13-17(27)16-6-4-3-5-7-16/h3-11H,12-13H2,1-2H3,(H,24,28,29). The SMILES string of the molecule is Cc1ccc(Cn2c(SCC(=O)c3ccccc3)nc3c2c(=O)[nH]c(=O)n3C)cc1. The van der Waals surface area contributed by atoms with Crippen molar-refractivity contribution < 1.29 is 4.79 Å². The van der Waals surface area contributed by atoms with Crippen LogP contribution in [0, 0.1) is 6.92 Å². The molecule has 0 aliphatic rings. The van der Waals surface area contributed by atoms with Gasteiger partial charge in [0.15, 0.2) is 22.1 Å². The van der Waals surface area contributed by atoms with Gasteiger partial charge in [0.1, 0.15) is 0 Å². The van der Waals surface area contributed by atoms with Crippen molar-refractivity contribution in [3.8, 4) is 0 Å². The Labute approximate surface area is 176 Å². The summed E-state index contributed by atoms with van der Waals surface area (Å²) in [6, 6.07) is 17.0. The number of aromatic amines is 1. The first kappa shape index (κ1) is 19.9. The van der Waals surface area contributed by atoms with Crippen LogP contribution < -0.4 is 11.2 Å². The van der Waals surface area contributed by atoms with Gasteiger partial charge < -0.3 is 4.57 Å². The predicted octanol–water partition coefficient (Wildman–Crippen LogP) is 2.76. The molecule has 0 radical (unpaired) electrons. The van der Waals surface area contributed by atoms with Crippen molar-refractivity contribution in [1.29, 1.82) is 0 Å². The third-order valence-corrected chi connectivity index (χ3v) is 5.84. The fourth-order valence-electron chi connectivity index (χ4n) is 3.19. The summed E-state index contributed by atoms with van der Waals surface area (Å²) in [4.78, 5) is 44.0. The topological polar surface area (TPSA) is 89.8 Å². The van der Waals surface area contributed by atoms with Crippen LogP contribution in [0.1, 0.15) is 21.5 Å². The first-order valence-corrected chi connectivity index (χ1v) is 10.4. The highest BCUT2D eigenvalue weighted by molar-refractivity contribution is 7.99. The second-order valence-corrected chi connectivity index (χ2v) is 7.98. The van der Waals surface area contributed by atoms with Gasteiger partial charge in [0.2, 0.25) is 0 Å². The number of hydrogen-bond acceptors (Lipinski definition) is 5. The summed E-state index contributed by atoms with van der Waals surface area (Å²) in [6.07, 6.45) is 0. The van der Waals surface area contributed by atoms with Crippen LogP contribution in [0.25, 0.3) is 11.2 Å². The van der Waals surface area contributed by atoms with E-state index in [2.05, 4.69) is 9.97 Å². The minimum Gasteiger partial charge on any atom is -0.309 e. The molecular weight excluding hydrogens is 400 g/mol. The van der Waals surface area contributed by atoms with E-state index in [1.807, 2.05) is 49.4 Å². The molecule has 2 heterocycles. The Morgan fingerprint density at radius 2 is 1.77 bits per heavy atom. The smallest absolute Gasteiger partial charge is 0.309 e. The number of carbonyl (C=O) groups is 1. The summed E-state index contributed by atoms with van der Waals surface area (Å²) in [7, 11) is 1.56. The summed E-state index contributed by atoms with van der Waals surface area (Å²) in [5, 5.41) is 0.515. The summed E-state index contributed by atoms with van der Waals surface area (Å²) in [6.45, 7) is 2.41. The van der Waals surface area contributed by atoms with Crippen LogP contribution in [0.3, 0.4) is 0 Å². The van der Waals surface area contributed by atoms with Crippen LogP contribution in [0.4, 0.5) is 0 Å². The number of aromatic nitrogens is 4. The van der Waals surface area contributed by atoms with Gasteiger partial charge in [0.25, 0.3) is 5.56 Å². The fourth-order valence-corrected chi connectivity index (χ4v) is 4.07. The summed E-state index contributed by atoms with van der Waals surface area (Å²) in [5.74, 6) is 0.143. The number of hydrogen-bond donors (Lipinski definition) is 1. The highest BCUT2D eigenvalue weighted by atomic mass is 32.2. The van der Waals surface area contributed by atoms with E-state index >= 15 is 0 Å². The van der Waals surface area contributed by atoms with Gasteiger partial charge in [0.05, 0.1) is 12.3 Å². The molecule has 0 spiro atoms. The predicted molar refractivity (Wildman–Crippen MR) is 117 cm³/mol. The van der Waals surface area contributed by atoms with Crippen LogP contribution in [0.5, 0.6) is 0 Å². The van der Waals surface area contributed by atoms with Crippen LogP contribution in [-0.4, -0.2) is 30.6 Å². The van der Waals surface area contributed by atoms with Crippen molar-refractivity contribution in [2.24, 2.45) is 7.05 Å². The molecule has 0 aliphatic carbocycles. The van der Waals surface area contributed by atoms with Gasteiger partial charge in [-0.3, -0.25) is 19.1 Å². The van der Waals surface area contributed by atoms with E-state index in [0.29, 0.717) is 28.4 Å². The van der Waals surface area contributed by atoms with Gasteiger partial charge in [-0.2, -0.15) is 0 Å². The third-order valence-electron chi connectivity index (χ3n) is 4.86. The lowest BCUT2D eigenvalue weighted by molar-refractivity contribution is 0.102. The van der Waals surface area contributed by atoms with Gasteiger partial charge in [-0.25, -0.2) is 9.78 Å². The average molecular weight is 420 g/mol. The molecule has 0 bridgehead atoms. The molecule has 0 atom stereocenters. The summed E-state index contributed by atoms with van der Waals surface area (Å²) >= 11 is 1.26. The molecule has 4 aromatic rings. The van der Waals surface area contributed by atoms with Crippen LogP contribution in [0.2, 0.25) is 0 Å². The molecule has 0 saturated carbocycles. The number of H-pyrrole nitrogens is 1. The minimum absolute atomic E-state index is 0.0302. The van der Waals surface area contributed by atoms with E-state index in [1.165, 1.54) is 16.3 Å². The first-order chi connectivity index (χ1) is 14.4. The number of aryl methyl sites for hydroxylation is 2. The molecule has 0 amide bonds. The van der Waals surface area contributed by atoms with E-state index in [0.717, 1.165) is 11.1 Å². The van der Waals surface area contributed by atoms with Crippen molar-refractivity contribution in [1.82, 2.24) is 19.1 Å². The Morgan fingerprint density at radius 3 is 2.47 bits per heavy atom. The van der Waals surface area contributed by atoms with Crippen LogP contribution in [0.15, 0.2) is 69.3 Å². The number of benzene rings is 2. The number of imidazole rings is 1. The van der Waals surface area contributed by atoms with Crippen LogP contribution in [-0.2, 0) is 13.6 Å². The van der Waals surface area contributed by atoms with Gasteiger partial charge in [-0.05, 0) is 12.5 Å². The lowest BCUT2D eigenvalue weighted by atomic mass is 10.1. The number of thioether (sulfide) groups is 1. The Bertz CT molecular complexity index is 1340. The third kappa shape index (κ3) is 3.86. The van der Waals surface area contributed by atoms with E-state index in [4.69, 9.17) is 0 Å². The summed E-state index contributed by atoms with van der Waals surface area (Å²) < 4.78 is 3.08. The zero-order valence-electron chi connectivity index (χ0n) is 16.6. The van der Waals surface area contributed by atoms with E-state index in [-0.39, 0.29) is 11.5 Å². The summed E-state index contributed by atoms with van der Waals surface area (Å²) in [5.41, 5.74) is 2.34. The molecule has 8 heteroatoms. The number of Topliss-reactive ketones (excluding diaryl/α,β-unsaturated/α-hetero) is 1. The number of nitrogens with zero attached hydrogens (tertiary/aromatic N) is 3. The maximum absolute atomic E-state index is 12.6. The van der Waals surface area contributed by atoms with Gasteiger partial charge in [-0.1, -0.05) is 71.9 Å². The second kappa shape index (κ2) is 8.16. The zero-order chi connectivity index (χ0) is 21.3. The molecule has 152 valence electrons. The molecule has 2 aromatic carbocycles. The Kier molecular flexibility index (Phi) is 5.41. The van der Waals surface area contributed by atoms with Crippen molar-refractivity contribution in [3.63, 3.8) is 0 Å². The number of carbonyl (C=O) groups excluding carboxylic acids is 1. The van der Waals surface area contributed by atoms with E-state index in [9.17, 15) is 14.4 Å². The average Bonchev–Trinajstić information content (AvgIpc) is 3.11. The highest BCUT2D eigenvalue weighted by Crippen LogP contribution is 2.24. The molecule has 30 heavy (non-hydrogen) atoms. The van der Waals surface area contributed by atoms with Gasteiger partial charge in [0, 0.05) is 12.6 Å².